The highest BCUT2D eigenvalue weighted by atomic mass is 28.4. The number of rotatable bonds is 11. The van der Waals surface area contributed by atoms with E-state index in [2.05, 4.69) is 32.2 Å². The number of benzene rings is 2. The van der Waals surface area contributed by atoms with Crippen LogP contribution < -0.4 is 15.2 Å². The summed E-state index contributed by atoms with van der Waals surface area (Å²) < 4.78 is 17.4. The van der Waals surface area contributed by atoms with Crippen molar-refractivity contribution in [2.45, 2.75) is 57.7 Å². The standard InChI is InChI=1S/C24H33NO4Si/c1-4-5-14-30(2,3)29-13-12-19(15-20-8-6-7-9-21(20)24(25)26)18-10-11-22-23(16-18)28-17-27-22/h6-11,16,19H,4-5,12-15,17H2,1-3H3,(H2,25,26). The minimum absolute atomic E-state index is 0.191. The third-order valence-corrected chi connectivity index (χ3v) is 8.25. The summed E-state index contributed by atoms with van der Waals surface area (Å²) in [5, 5.41) is 0. The van der Waals surface area contributed by atoms with Crippen molar-refractivity contribution in [1.82, 2.24) is 0 Å². The summed E-state index contributed by atoms with van der Waals surface area (Å²) in [6.07, 6.45) is 4.01. The number of carbonyl (C=O) groups is 1. The third-order valence-electron chi connectivity index (χ3n) is 5.71. The van der Waals surface area contributed by atoms with E-state index < -0.39 is 8.32 Å². The van der Waals surface area contributed by atoms with Gasteiger partial charge in [-0.25, -0.2) is 0 Å². The fourth-order valence-electron chi connectivity index (χ4n) is 3.91. The normalized spacial score (nSPS) is 14.0. The van der Waals surface area contributed by atoms with Crippen molar-refractivity contribution in [2.24, 2.45) is 5.73 Å². The maximum Gasteiger partial charge on any atom is 0.248 e. The van der Waals surface area contributed by atoms with Gasteiger partial charge in [0, 0.05) is 12.2 Å². The zero-order valence-electron chi connectivity index (χ0n) is 18.3. The van der Waals surface area contributed by atoms with Crippen LogP contribution in [0.2, 0.25) is 19.1 Å². The Bertz CT molecular complexity index is 868. The Morgan fingerprint density at radius 1 is 1.17 bits per heavy atom. The second-order valence-electron chi connectivity index (χ2n) is 8.54. The number of primary amides is 1. The number of ether oxygens (including phenoxy) is 2. The Hall–Kier alpha value is -2.31. The molecule has 0 aromatic heterocycles. The van der Waals surface area contributed by atoms with Crippen LogP contribution in [-0.2, 0) is 10.8 Å². The minimum Gasteiger partial charge on any atom is -0.454 e. The topological polar surface area (TPSA) is 70.8 Å². The highest BCUT2D eigenvalue weighted by Gasteiger charge is 2.24. The zero-order chi connectivity index (χ0) is 21.6. The molecule has 0 saturated carbocycles. The van der Waals surface area contributed by atoms with Gasteiger partial charge < -0.3 is 19.6 Å². The molecule has 2 aromatic rings. The van der Waals surface area contributed by atoms with Gasteiger partial charge in [0.15, 0.2) is 19.8 Å². The first kappa shape index (κ1) is 22.4. The number of unbranched alkanes of at least 4 members (excludes halogenated alkanes) is 1. The van der Waals surface area contributed by atoms with Gasteiger partial charge in [-0.1, -0.05) is 44.0 Å². The molecule has 1 heterocycles. The van der Waals surface area contributed by atoms with Crippen LogP contribution in [0.1, 0.15) is 53.6 Å². The second-order valence-corrected chi connectivity index (χ2v) is 12.8. The molecule has 2 aromatic carbocycles. The van der Waals surface area contributed by atoms with E-state index in [9.17, 15) is 4.79 Å². The summed E-state index contributed by atoms with van der Waals surface area (Å²) in [4.78, 5) is 11.9. The lowest BCUT2D eigenvalue weighted by Crippen LogP contribution is -2.31. The van der Waals surface area contributed by atoms with E-state index in [4.69, 9.17) is 19.6 Å². The number of carbonyl (C=O) groups excluding carboxylic acids is 1. The van der Waals surface area contributed by atoms with E-state index in [-0.39, 0.29) is 18.6 Å². The summed E-state index contributed by atoms with van der Waals surface area (Å²) in [6, 6.07) is 14.9. The molecule has 1 atom stereocenters. The van der Waals surface area contributed by atoms with Crippen molar-refractivity contribution < 1.29 is 18.7 Å². The van der Waals surface area contributed by atoms with E-state index in [1.165, 1.54) is 18.9 Å². The van der Waals surface area contributed by atoms with Gasteiger partial charge in [0.1, 0.15) is 0 Å². The molecule has 2 N–H and O–H groups in total. The van der Waals surface area contributed by atoms with Crippen LogP contribution in [-0.4, -0.2) is 27.6 Å². The fraction of sp³-hybridized carbons (Fsp3) is 0.458. The molecular formula is C24H33NO4Si. The van der Waals surface area contributed by atoms with E-state index >= 15 is 0 Å². The smallest absolute Gasteiger partial charge is 0.248 e. The van der Waals surface area contributed by atoms with Crippen LogP contribution in [0.4, 0.5) is 0 Å². The first-order valence-electron chi connectivity index (χ1n) is 10.8. The Morgan fingerprint density at radius 3 is 2.70 bits per heavy atom. The summed E-state index contributed by atoms with van der Waals surface area (Å²) in [5.41, 5.74) is 8.33. The lowest BCUT2D eigenvalue weighted by molar-refractivity contribution is 0.0999. The van der Waals surface area contributed by atoms with Gasteiger partial charge in [-0.2, -0.15) is 0 Å². The molecule has 1 unspecified atom stereocenters. The van der Waals surface area contributed by atoms with E-state index in [0.717, 1.165) is 35.5 Å². The van der Waals surface area contributed by atoms with Gasteiger partial charge in [-0.05, 0) is 67.2 Å². The van der Waals surface area contributed by atoms with Crippen LogP contribution in [0.15, 0.2) is 42.5 Å². The predicted molar refractivity (Wildman–Crippen MR) is 122 cm³/mol. The van der Waals surface area contributed by atoms with Gasteiger partial charge in [-0.15, -0.1) is 0 Å². The van der Waals surface area contributed by atoms with Crippen LogP contribution in [0, 0.1) is 0 Å². The van der Waals surface area contributed by atoms with Gasteiger partial charge in [-0.3, -0.25) is 4.79 Å². The van der Waals surface area contributed by atoms with Gasteiger partial charge in [0.05, 0.1) is 0 Å². The maximum atomic E-state index is 11.9. The van der Waals surface area contributed by atoms with Crippen LogP contribution in [0.3, 0.4) is 0 Å². The van der Waals surface area contributed by atoms with E-state index in [0.29, 0.717) is 12.2 Å². The molecule has 6 heteroatoms. The SMILES string of the molecule is CCCC[Si](C)(C)OCCC(Cc1ccccc1C(N)=O)c1ccc2c(c1)OCO2. The number of fused-ring (bicyclic) bond motifs is 1. The van der Waals surface area contributed by atoms with Gasteiger partial charge in [0.2, 0.25) is 12.7 Å². The van der Waals surface area contributed by atoms with Crippen molar-refractivity contribution >= 4 is 14.2 Å². The highest BCUT2D eigenvalue weighted by Crippen LogP contribution is 2.37. The molecule has 1 aliphatic heterocycles. The number of hydrogen-bond donors (Lipinski definition) is 1. The van der Waals surface area contributed by atoms with E-state index in [1.54, 1.807) is 6.07 Å². The van der Waals surface area contributed by atoms with Crippen molar-refractivity contribution in [3.63, 3.8) is 0 Å². The summed E-state index contributed by atoms with van der Waals surface area (Å²) in [5.74, 6) is 1.36. The molecule has 0 spiro atoms. The van der Waals surface area contributed by atoms with Crippen LogP contribution in [0.5, 0.6) is 11.5 Å². The highest BCUT2D eigenvalue weighted by molar-refractivity contribution is 6.71. The quantitative estimate of drug-likeness (QED) is 0.497. The summed E-state index contributed by atoms with van der Waals surface area (Å²) >= 11 is 0. The molecule has 5 nitrogen and oxygen atoms in total. The average molecular weight is 428 g/mol. The molecule has 1 aliphatic rings. The Labute approximate surface area is 180 Å². The lowest BCUT2D eigenvalue weighted by Gasteiger charge is -2.25. The molecule has 0 saturated heterocycles. The van der Waals surface area contributed by atoms with E-state index in [1.807, 2.05) is 24.3 Å². The Morgan fingerprint density at radius 2 is 1.93 bits per heavy atom. The largest absolute Gasteiger partial charge is 0.454 e. The third kappa shape index (κ3) is 5.86. The van der Waals surface area contributed by atoms with Crippen molar-refractivity contribution in [3.05, 3.63) is 59.2 Å². The van der Waals surface area contributed by atoms with Crippen molar-refractivity contribution in [3.8, 4) is 11.5 Å². The monoisotopic (exact) mass is 427 g/mol. The van der Waals surface area contributed by atoms with Gasteiger partial charge >= 0.3 is 0 Å². The number of nitrogens with two attached hydrogens (primary N) is 1. The second kappa shape index (κ2) is 10.1. The minimum atomic E-state index is -1.65. The molecule has 0 fully saturated rings. The molecular weight excluding hydrogens is 394 g/mol. The Kier molecular flexibility index (Phi) is 7.56. The maximum absolute atomic E-state index is 11.9. The summed E-state index contributed by atoms with van der Waals surface area (Å²) in [6.45, 7) is 7.77. The fourth-order valence-corrected chi connectivity index (χ4v) is 5.93. The number of amides is 1. The molecule has 1 amide bonds. The van der Waals surface area contributed by atoms with Gasteiger partial charge in [0.25, 0.3) is 0 Å². The molecule has 162 valence electrons. The summed E-state index contributed by atoms with van der Waals surface area (Å²) in [7, 11) is -1.65. The molecule has 0 bridgehead atoms. The molecule has 0 aliphatic carbocycles. The Balaban J connectivity index is 1.78. The van der Waals surface area contributed by atoms with Crippen LogP contribution >= 0.6 is 0 Å². The predicted octanol–water partition coefficient (Wildman–Crippen LogP) is 5.25. The molecule has 0 radical (unpaired) electrons. The average Bonchev–Trinajstić information content (AvgIpc) is 3.19. The first-order valence-corrected chi connectivity index (χ1v) is 13.9. The van der Waals surface area contributed by atoms with Crippen molar-refractivity contribution in [2.75, 3.05) is 13.4 Å². The van der Waals surface area contributed by atoms with Crippen molar-refractivity contribution in [1.29, 1.82) is 0 Å². The molecule has 30 heavy (non-hydrogen) atoms. The number of hydrogen-bond acceptors (Lipinski definition) is 4. The van der Waals surface area contributed by atoms with Crippen LogP contribution in [0.25, 0.3) is 0 Å². The molecule has 3 rings (SSSR count). The lowest BCUT2D eigenvalue weighted by atomic mass is 9.87. The first-order chi connectivity index (χ1) is 14.4. The zero-order valence-corrected chi connectivity index (χ0v) is 19.3.